The first kappa shape index (κ1) is 17.5. The van der Waals surface area contributed by atoms with Crippen molar-refractivity contribution in [2.45, 2.75) is 13.8 Å². The van der Waals surface area contributed by atoms with Gasteiger partial charge in [-0.3, -0.25) is 4.79 Å². The van der Waals surface area contributed by atoms with Crippen molar-refractivity contribution in [2.75, 3.05) is 13.7 Å². The van der Waals surface area contributed by atoms with Crippen LogP contribution < -0.4 is 14.9 Å². The van der Waals surface area contributed by atoms with Gasteiger partial charge in [-0.05, 0) is 42.3 Å². The van der Waals surface area contributed by atoms with Gasteiger partial charge in [0, 0.05) is 11.1 Å². The molecule has 0 aliphatic heterocycles. The Morgan fingerprint density at radius 3 is 2.54 bits per heavy atom. The van der Waals surface area contributed by atoms with Gasteiger partial charge in [-0.1, -0.05) is 26.0 Å². The summed E-state index contributed by atoms with van der Waals surface area (Å²) in [5.41, 5.74) is 3.84. The molecular formula is C19H22N2O3. The van der Waals surface area contributed by atoms with Crippen LogP contribution in [-0.2, 0) is 0 Å². The highest BCUT2D eigenvalue weighted by Gasteiger charge is 2.05. The van der Waals surface area contributed by atoms with Crippen molar-refractivity contribution < 1.29 is 14.3 Å². The lowest BCUT2D eigenvalue weighted by molar-refractivity contribution is 0.0955. The second-order valence-electron chi connectivity index (χ2n) is 5.67. The van der Waals surface area contributed by atoms with Gasteiger partial charge >= 0.3 is 0 Å². The number of carbonyl (C=O) groups excluding carboxylic acids is 1. The normalized spacial score (nSPS) is 10.8. The number of ether oxygens (including phenoxy) is 2. The van der Waals surface area contributed by atoms with Gasteiger partial charge in [0.05, 0.1) is 19.9 Å². The molecule has 0 saturated carbocycles. The van der Waals surface area contributed by atoms with E-state index in [9.17, 15) is 4.79 Å². The number of para-hydroxylation sites is 1. The van der Waals surface area contributed by atoms with E-state index in [4.69, 9.17) is 9.47 Å². The number of benzene rings is 2. The summed E-state index contributed by atoms with van der Waals surface area (Å²) in [5.74, 6) is 1.60. The predicted octanol–water partition coefficient (Wildman–Crippen LogP) is 3.49. The summed E-state index contributed by atoms with van der Waals surface area (Å²) in [4.78, 5) is 12.0. The predicted molar refractivity (Wildman–Crippen MR) is 94.8 cm³/mol. The molecule has 0 aliphatic rings. The minimum atomic E-state index is -0.283. The van der Waals surface area contributed by atoms with E-state index in [1.54, 1.807) is 37.6 Å². The molecule has 2 aromatic rings. The summed E-state index contributed by atoms with van der Waals surface area (Å²) in [6.07, 6.45) is 1.58. The van der Waals surface area contributed by atoms with Gasteiger partial charge in [-0.15, -0.1) is 0 Å². The average Bonchev–Trinajstić information content (AvgIpc) is 2.60. The molecular weight excluding hydrogens is 304 g/mol. The number of hydrogen-bond acceptors (Lipinski definition) is 4. The molecule has 0 fully saturated rings. The fraction of sp³-hybridized carbons (Fsp3) is 0.263. The number of nitrogens with zero attached hydrogens (tertiary/aromatic N) is 1. The van der Waals surface area contributed by atoms with Crippen LogP contribution in [0.15, 0.2) is 53.6 Å². The van der Waals surface area contributed by atoms with Crippen molar-refractivity contribution in [1.29, 1.82) is 0 Å². The topological polar surface area (TPSA) is 59.9 Å². The highest BCUT2D eigenvalue weighted by Crippen LogP contribution is 2.16. The van der Waals surface area contributed by atoms with E-state index in [1.165, 1.54) is 0 Å². The molecule has 0 aliphatic carbocycles. The smallest absolute Gasteiger partial charge is 0.271 e. The Morgan fingerprint density at radius 2 is 1.88 bits per heavy atom. The van der Waals surface area contributed by atoms with Gasteiger partial charge < -0.3 is 9.47 Å². The lowest BCUT2D eigenvalue weighted by Crippen LogP contribution is -2.17. The van der Waals surface area contributed by atoms with Crippen molar-refractivity contribution >= 4 is 12.1 Å². The third-order valence-corrected chi connectivity index (χ3v) is 3.21. The minimum absolute atomic E-state index is 0.283. The zero-order chi connectivity index (χ0) is 17.4. The van der Waals surface area contributed by atoms with E-state index in [-0.39, 0.29) is 5.91 Å². The molecule has 0 radical (unpaired) electrons. The largest absolute Gasteiger partial charge is 0.497 e. The molecule has 5 heteroatoms. The number of carbonyl (C=O) groups is 1. The van der Waals surface area contributed by atoms with Gasteiger partial charge in [-0.25, -0.2) is 5.43 Å². The molecule has 2 aromatic carbocycles. The van der Waals surface area contributed by atoms with Crippen molar-refractivity contribution in [3.8, 4) is 11.5 Å². The molecule has 2 rings (SSSR count). The van der Waals surface area contributed by atoms with Crippen LogP contribution in [0.2, 0.25) is 0 Å². The molecule has 0 unspecified atom stereocenters. The molecule has 0 bridgehead atoms. The Morgan fingerprint density at radius 1 is 1.17 bits per heavy atom. The number of nitrogens with one attached hydrogen (secondary N) is 1. The van der Waals surface area contributed by atoms with Crippen LogP contribution in [-0.4, -0.2) is 25.8 Å². The van der Waals surface area contributed by atoms with Gasteiger partial charge in [0.1, 0.15) is 11.5 Å². The molecule has 5 nitrogen and oxygen atoms in total. The first-order chi connectivity index (χ1) is 11.6. The second kappa shape index (κ2) is 8.72. The average molecular weight is 326 g/mol. The molecule has 0 atom stereocenters. The summed E-state index contributed by atoms with van der Waals surface area (Å²) in [6, 6.07) is 14.4. The highest BCUT2D eigenvalue weighted by molar-refractivity contribution is 5.95. The Bertz CT molecular complexity index is 694. The van der Waals surface area contributed by atoms with Crippen molar-refractivity contribution in [2.24, 2.45) is 11.0 Å². The lowest BCUT2D eigenvalue weighted by Gasteiger charge is -2.10. The lowest BCUT2D eigenvalue weighted by atomic mass is 10.2. The summed E-state index contributed by atoms with van der Waals surface area (Å²) < 4.78 is 10.8. The number of hydrogen-bond donors (Lipinski definition) is 1. The van der Waals surface area contributed by atoms with Crippen molar-refractivity contribution in [3.63, 3.8) is 0 Å². The van der Waals surface area contributed by atoms with Crippen LogP contribution in [0.3, 0.4) is 0 Å². The van der Waals surface area contributed by atoms with Crippen molar-refractivity contribution in [1.82, 2.24) is 5.43 Å². The molecule has 0 spiro atoms. The third kappa shape index (κ3) is 5.12. The van der Waals surface area contributed by atoms with E-state index < -0.39 is 0 Å². The van der Waals surface area contributed by atoms with Gasteiger partial charge in [0.25, 0.3) is 5.91 Å². The fourth-order valence-electron chi connectivity index (χ4n) is 1.94. The van der Waals surface area contributed by atoms with Crippen LogP contribution in [0.25, 0.3) is 0 Å². The number of methoxy groups -OCH3 is 1. The summed E-state index contributed by atoms with van der Waals surface area (Å²) in [6.45, 7) is 4.81. The monoisotopic (exact) mass is 326 g/mol. The van der Waals surface area contributed by atoms with Crippen LogP contribution in [0.5, 0.6) is 11.5 Å². The van der Waals surface area contributed by atoms with Crippen molar-refractivity contribution in [3.05, 3.63) is 59.7 Å². The Kier molecular flexibility index (Phi) is 6.37. The summed E-state index contributed by atoms with van der Waals surface area (Å²) in [5, 5.41) is 4.01. The van der Waals surface area contributed by atoms with Gasteiger partial charge in [0.15, 0.2) is 0 Å². The summed E-state index contributed by atoms with van der Waals surface area (Å²) in [7, 11) is 1.58. The Balaban J connectivity index is 1.99. The highest BCUT2D eigenvalue weighted by atomic mass is 16.5. The van der Waals surface area contributed by atoms with E-state index in [2.05, 4.69) is 24.4 Å². The number of rotatable bonds is 7. The molecule has 0 heterocycles. The van der Waals surface area contributed by atoms with Gasteiger partial charge in [0.2, 0.25) is 0 Å². The minimum Gasteiger partial charge on any atom is -0.497 e. The fourth-order valence-corrected chi connectivity index (χ4v) is 1.94. The first-order valence-electron chi connectivity index (χ1n) is 7.79. The SMILES string of the molecule is COc1ccc(C(=O)N/N=C\c2ccccc2OCC(C)C)cc1. The van der Waals surface area contributed by atoms with E-state index in [1.807, 2.05) is 24.3 Å². The molecule has 24 heavy (non-hydrogen) atoms. The maximum absolute atomic E-state index is 12.0. The van der Waals surface area contributed by atoms with Gasteiger partial charge in [-0.2, -0.15) is 5.10 Å². The number of hydrazone groups is 1. The molecule has 1 N–H and O–H groups in total. The first-order valence-corrected chi connectivity index (χ1v) is 7.79. The van der Waals surface area contributed by atoms with Crippen LogP contribution in [0.4, 0.5) is 0 Å². The second-order valence-corrected chi connectivity index (χ2v) is 5.67. The van der Waals surface area contributed by atoms with E-state index in [0.717, 1.165) is 11.3 Å². The Hall–Kier alpha value is -2.82. The molecule has 0 aromatic heterocycles. The van der Waals surface area contributed by atoms with E-state index >= 15 is 0 Å². The number of amides is 1. The third-order valence-electron chi connectivity index (χ3n) is 3.21. The van der Waals surface area contributed by atoms with E-state index in [0.29, 0.717) is 23.8 Å². The zero-order valence-corrected chi connectivity index (χ0v) is 14.2. The summed E-state index contributed by atoms with van der Waals surface area (Å²) >= 11 is 0. The molecule has 126 valence electrons. The standard InChI is InChI=1S/C19H22N2O3/c1-14(2)13-24-18-7-5-4-6-16(18)12-20-21-19(22)15-8-10-17(23-3)11-9-15/h4-12,14H,13H2,1-3H3,(H,21,22)/b20-12-. The maximum atomic E-state index is 12.0. The van der Waals surface area contributed by atoms with Crippen LogP contribution in [0, 0.1) is 5.92 Å². The molecule has 0 saturated heterocycles. The van der Waals surface area contributed by atoms with Crippen LogP contribution >= 0.6 is 0 Å². The quantitative estimate of drug-likeness (QED) is 0.626. The molecule has 1 amide bonds. The maximum Gasteiger partial charge on any atom is 0.271 e. The van der Waals surface area contributed by atoms with Crippen LogP contribution in [0.1, 0.15) is 29.8 Å². The Labute approximate surface area is 142 Å². The zero-order valence-electron chi connectivity index (χ0n) is 14.2.